The van der Waals surface area contributed by atoms with Crippen molar-refractivity contribution in [2.24, 2.45) is 5.92 Å². The number of fused-ring (bicyclic) bond motifs is 1. The molecule has 3 aromatic heterocycles. The molecule has 7 heteroatoms. The SMILES string of the molecule is CC(NC(=O)C1CCN(c2cnc3nccnc3c2)CC1)c1cccnc1. The largest absolute Gasteiger partial charge is 0.370 e. The van der Waals surface area contributed by atoms with Gasteiger partial charge in [0, 0.05) is 43.8 Å². The third kappa shape index (κ3) is 3.86. The van der Waals surface area contributed by atoms with Gasteiger partial charge in [-0.3, -0.25) is 14.8 Å². The maximum atomic E-state index is 12.6. The molecule has 1 unspecified atom stereocenters. The summed E-state index contributed by atoms with van der Waals surface area (Å²) in [5, 5.41) is 3.12. The summed E-state index contributed by atoms with van der Waals surface area (Å²) in [6, 6.07) is 5.85. The van der Waals surface area contributed by atoms with Crippen molar-refractivity contribution in [1.82, 2.24) is 25.3 Å². The van der Waals surface area contributed by atoms with Crippen LogP contribution in [-0.4, -0.2) is 38.9 Å². The first kappa shape index (κ1) is 17.3. The highest BCUT2D eigenvalue weighted by Gasteiger charge is 2.26. The van der Waals surface area contributed by atoms with Gasteiger partial charge in [0.2, 0.25) is 5.91 Å². The third-order valence-electron chi connectivity index (χ3n) is 5.08. The summed E-state index contributed by atoms with van der Waals surface area (Å²) in [6.07, 6.45) is 10.3. The maximum absolute atomic E-state index is 12.6. The average molecular weight is 362 g/mol. The van der Waals surface area contributed by atoms with Gasteiger partial charge >= 0.3 is 0 Å². The summed E-state index contributed by atoms with van der Waals surface area (Å²) >= 11 is 0. The molecule has 1 aliphatic rings. The van der Waals surface area contributed by atoms with E-state index in [0.717, 1.165) is 42.7 Å². The van der Waals surface area contributed by atoms with Crippen LogP contribution in [0.15, 0.2) is 49.2 Å². The molecule has 1 N–H and O–H groups in total. The number of piperidine rings is 1. The summed E-state index contributed by atoms with van der Waals surface area (Å²) in [7, 11) is 0. The fourth-order valence-corrected chi connectivity index (χ4v) is 3.47. The van der Waals surface area contributed by atoms with E-state index in [4.69, 9.17) is 0 Å². The number of carbonyl (C=O) groups excluding carboxylic acids is 1. The normalized spacial score (nSPS) is 16.3. The Morgan fingerprint density at radius 2 is 1.96 bits per heavy atom. The number of pyridine rings is 2. The van der Waals surface area contributed by atoms with E-state index in [-0.39, 0.29) is 17.9 Å². The fraction of sp³-hybridized carbons (Fsp3) is 0.350. The number of carbonyl (C=O) groups is 1. The number of nitrogens with one attached hydrogen (secondary N) is 1. The third-order valence-corrected chi connectivity index (χ3v) is 5.08. The number of anilines is 1. The number of amides is 1. The Morgan fingerprint density at radius 3 is 2.74 bits per heavy atom. The molecule has 138 valence electrons. The predicted molar refractivity (Wildman–Crippen MR) is 103 cm³/mol. The minimum absolute atomic E-state index is 0.0347. The molecule has 0 bridgehead atoms. The number of hydrogen-bond donors (Lipinski definition) is 1. The lowest BCUT2D eigenvalue weighted by molar-refractivity contribution is -0.126. The van der Waals surface area contributed by atoms with Crippen LogP contribution in [0.25, 0.3) is 11.2 Å². The molecule has 27 heavy (non-hydrogen) atoms. The first-order chi connectivity index (χ1) is 13.2. The van der Waals surface area contributed by atoms with Gasteiger partial charge in [-0.05, 0) is 37.5 Å². The van der Waals surface area contributed by atoms with Crippen LogP contribution >= 0.6 is 0 Å². The maximum Gasteiger partial charge on any atom is 0.223 e. The van der Waals surface area contributed by atoms with Crippen LogP contribution in [0.1, 0.15) is 31.4 Å². The Bertz CT molecular complexity index is 924. The zero-order valence-electron chi connectivity index (χ0n) is 15.2. The molecular weight excluding hydrogens is 340 g/mol. The van der Waals surface area contributed by atoms with Crippen LogP contribution in [0, 0.1) is 5.92 Å². The second-order valence-corrected chi connectivity index (χ2v) is 6.87. The van der Waals surface area contributed by atoms with Gasteiger partial charge in [0.05, 0.1) is 17.9 Å². The van der Waals surface area contributed by atoms with Crippen molar-refractivity contribution < 1.29 is 4.79 Å². The van der Waals surface area contributed by atoms with Crippen molar-refractivity contribution in [3.8, 4) is 0 Å². The minimum atomic E-state index is -0.0347. The highest BCUT2D eigenvalue weighted by molar-refractivity contribution is 5.79. The molecule has 1 fully saturated rings. The van der Waals surface area contributed by atoms with Crippen molar-refractivity contribution in [2.45, 2.75) is 25.8 Å². The zero-order chi connectivity index (χ0) is 18.6. The van der Waals surface area contributed by atoms with E-state index in [1.807, 2.05) is 31.3 Å². The Balaban J connectivity index is 1.36. The van der Waals surface area contributed by atoms with Crippen LogP contribution in [0.3, 0.4) is 0 Å². The van der Waals surface area contributed by atoms with E-state index in [1.54, 1.807) is 24.8 Å². The lowest BCUT2D eigenvalue weighted by atomic mass is 9.95. The lowest BCUT2D eigenvalue weighted by Gasteiger charge is -2.33. The summed E-state index contributed by atoms with van der Waals surface area (Å²) < 4.78 is 0. The average Bonchev–Trinajstić information content (AvgIpc) is 2.74. The molecular formula is C20H22N6O. The van der Waals surface area contributed by atoms with E-state index in [1.165, 1.54) is 0 Å². The lowest BCUT2D eigenvalue weighted by Crippen LogP contribution is -2.41. The zero-order valence-corrected chi connectivity index (χ0v) is 15.2. The highest BCUT2D eigenvalue weighted by Crippen LogP contribution is 2.25. The Morgan fingerprint density at radius 1 is 1.15 bits per heavy atom. The van der Waals surface area contributed by atoms with Crippen molar-refractivity contribution in [2.75, 3.05) is 18.0 Å². The van der Waals surface area contributed by atoms with Crippen LogP contribution in [0.2, 0.25) is 0 Å². The monoisotopic (exact) mass is 362 g/mol. The fourth-order valence-electron chi connectivity index (χ4n) is 3.47. The Hall–Kier alpha value is -3.09. The molecule has 3 aromatic rings. The molecule has 0 spiro atoms. The molecule has 1 atom stereocenters. The summed E-state index contributed by atoms with van der Waals surface area (Å²) in [5.41, 5.74) is 3.50. The number of nitrogens with zero attached hydrogens (tertiary/aromatic N) is 5. The van der Waals surface area contributed by atoms with E-state index < -0.39 is 0 Å². The van der Waals surface area contributed by atoms with Crippen molar-refractivity contribution >= 4 is 22.8 Å². The molecule has 1 amide bonds. The van der Waals surface area contributed by atoms with Gasteiger partial charge in [0.25, 0.3) is 0 Å². The van der Waals surface area contributed by atoms with Crippen LogP contribution in [0.4, 0.5) is 5.69 Å². The quantitative estimate of drug-likeness (QED) is 0.768. The number of rotatable bonds is 4. The molecule has 1 aliphatic heterocycles. The van der Waals surface area contributed by atoms with Gasteiger partial charge in [-0.1, -0.05) is 6.07 Å². The van der Waals surface area contributed by atoms with E-state index in [2.05, 4.69) is 30.2 Å². The highest BCUT2D eigenvalue weighted by atomic mass is 16.1. The van der Waals surface area contributed by atoms with Crippen molar-refractivity contribution in [3.63, 3.8) is 0 Å². The van der Waals surface area contributed by atoms with E-state index in [9.17, 15) is 4.79 Å². The Kier molecular flexibility index (Phi) is 4.91. The molecule has 4 heterocycles. The van der Waals surface area contributed by atoms with E-state index in [0.29, 0.717) is 5.65 Å². The van der Waals surface area contributed by atoms with Crippen LogP contribution < -0.4 is 10.2 Å². The molecule has 0 aliphatic carbocycles. The first-order valence-corrected chi connectivity index (χ1v) is 9.23. The van der Waals surface area contributed by atoms with E-state index >= 15 is 0 Å². The van der Waals surface area contributed by atoms with Gasteiger partial charge in [-0.2, -0.15) is 0 Å². The van der Waals surface area contributed by atoms with Crippen molar-refractivity contribution in [3.05, 3.63) is 54.7 Å². The van der Waals surface area contributed by atoms with Gasteiger partial charge in [-0.25, -0.2) is 9.97 Å². The molecule has 0 saturated carbocycles. The first-order valence-electron chi connectivity index (χ1n) is 9.23. The minimum Gasteiger partial charge on any atom is -0.370 e. The van der Waals surface area contributed by atoms with Gasteiger partial charge in [0.1, 0.15) is 5.52 Å². The summed E-state index contributed by atoms with van der Waals surface area (Å²) in [4.78, 5) is 31.9. The molecule has 4 rings (SSSR count). The smallest absolute Gasteiger partial charge is 0.223 e. The summed E-state index contributed by atoms with van der Waals surface area (Å²) in [5.74, 6) is 0.155. The molecule has 7 nitrogen and oxygen atoms in total. The summed E-state index contributed by atoms with van der Waals surface area (Å²) in [6.45, 7) is 3.64. The van der Waals surface area contributed by atoms with Crippen LogP contribution in [0.5, 0.6) is 0 Å². The predicted octanol–water partition coefficient (Wildman–Crippen LogP) is 2.51. The molecule has 1 saturated heterocycles. The second kappa shape index (κ2) is 7.65. The van der Waals surface area contributed by atoms with Gasteiger partial charge < -0.3 is 10.2 Å². The molecule has 0 radical (unpaired) electrons. The number of aromatic nitrogens is 4. The van der Waals surface area contributed by atoms with Gasteiger partial charge in [-0.15, -0.1) is 0 Å². The number of hydrogen-bond acceptors (Lipinski definition) is 6. The molecule has 0 aromatic carbocycles. The second-order valence-electron chi connectivity index (χ2n) is 6.87. The van der Waals surface area contributed by atoms with Crippen molar-refractivity contribution in [1.29, 1.82) is 0 Å². The standard InChI is InChI=1S/C20H22N6O/c1-14(16-3-2-6-21-12-16)25-20(27)15-4-9-26(10-5-15)17-11-18-19(24-13-17)23-8-7-22-18/h2-3,6-8,11-15H,4-5,9-10H2,1H3,(H,25,27). The van der Waals surface area contributed by atoms with Gasteiger partial charge in [0.15, 0.2) is 5.65 Å². The topological polar surface area (TPSA) is 83.9 Å². The Labute approximate surface area is 157 Å². The van der Waals surface area contributed by atoms with Crippen LogP contribution in [-0.2, 0) is 4.79 Å².